The van der Waals surface area contributed by atoms with Crippen LogP contribution in [0.5, 0.6) is 5.75 Å². The molecule has 3 nitrogen and oxygen atoms in total. The quantitative estimate of drug-likeness (QED) is 0.847. The average Bonchev–Trinajstić information content (AvgIpc) is 2.41. The van der Waals surface area contributed by atoms with Crippen LogP contribution in [0.1, 0.15) is 18.4 Å². The molecule has 0 unspecified atom stereocenters. The first-order chi connectivity index (χ1) is 8.38. The highest BCUT2D eigenvalue weighted by Gasteiger charge is 2.12. The van der Waals surface area contributed by atoms with E-state index in [0.29, 0.717) is 6.04 Å². The lowest BCUT2D eigenvalue weighted by Crippen LogP contribution is -2.35. The van der Waals surface area contributed by atoms with Gasteiger partial charge in [0, 0.05) is 19.3 Å². The maximum absolute atomic E-state index is 5.34. The molecule has 1 aromatic rings. The lowest BCUT2D eigenvalue weighted by Gasteiger charge is -2.23. The summed E-state index contributed by atoms with van der Waals surface area (Å²) in [6.45, 7) is 2.84. The van der Waals surface area contributed by atoms with Crippen molar-refractivity contribution in [2.75, 3.05) is 26.9 Å². The van der Waals surface area contributed by atoms with Crippen molar-refractivity contribution < 1.29 is 9.47 Å². The van der Waals surface area contributed by atoms with E-state index in [1.807, 2.05) is 12.1 Å². The van der Waals surface area contributed by atoms with Gasteiger partial charge in [-0.1, -0.05) is 12.1 Å². The number of ether oxygens (including phenoxy) is 2. The van der Waals surface area contributed by atoms with E-state index < -0.39 is 0 Å². The van der Waals surface area contributed by atoms with Crippen molar-refractivity contribution in [2.45, 2.75) is 25.3 Å². The van der Waals surface area contributed by atoms with Gasteiger partial charge in [0.25, 0.3) is 0 Å². The minimum absolute atomic E-state index is 0.641. The Labute approximate surface area is 103 Å². The second-order valence-electron chi connectivity index (χ2n) is 4.44. The van der Waals surface area contributed by atoms with Crippen LogP contribution in [0.3, 0.4) is 0 Å². The fraction of sp³-hybridized carbons (Fsp3) is 0.571. The van der Waals surface area contributed by atoms with Crippen molar-refractivity contribution in [3.63, 3.8) is 0 Å². The number of nitrogens with one attached hydrogen (secondary N) is 1. The van der Waals surface area contributed by atoms with Gasteiger partial charge in [-0.3, -0.25) is 0 Å². The summed E-state index contributed by atoms with van der Waals surface area (Å²) in [5.41, 5.74) is 1.35. The van der Waals surface area contributed by atoms with Gasteiger partial charge in [-0.05, 0) is 43.5 Å². The van der Waals surface area contributed by atoms with Crippen LogP contribution in [0, 0.1) is 0 Å². The molecular weight excluding hydrogens is 214 g/mol. The molecule has 1 heterocycles. The Kier molecular flexibility index (Phi) is 4.83. The van der Waals surface area contributed by atoms with Gasteiger partial charge in [-0.25, -0.2) is 0 Å². The Morgan fingerprint density at radius 3 is 2.59 bits per heavy atom. The molecule has 3 heteroatoms. The number of benzene rings is 1. The number of hydrogen-bond acceptors (Lipinski definition) is 3. The van der Waals surface area contributed by atoms with E-state index in [9.17, 15) is 0 Å². The van der Waals surface area contributed by atoms with E-state index in [4.69, 9.17) is 9.47 Å². The van der Waals surface area contributed by atoms with Crippen LogP contribution in [0.4, 0.5) is 0 Å². The molecule has 0 amide bonds. The molecule has 0 atom stereocenters. The molecule has 0 radical (unpaired) electrons. The summed E-state index contributed by atoms with van der Waals surface area (Å²) in [7, 11) is 1.70. The van der Waals surface area contributed by atoms with Gasteiger partial charge in [-0.2, -0.15) is 0 Å². The van der Waals surface area contributed by atoms with Crippen LogP contribution >= 0.6 is 0 Å². The highest BCUT2D eigenvalue weighted by molar-refractivity contribution is 5.27. The summed E-state index contributed by atoms with van der Waals surface area (Å²) in [6, 6.07) is 8.93. The largest absolute Gasteiger partial charge is 0.497 e. The molecule has 1 aliphatic rings. The smallest absolute Gasteiger partial charge is 0.118 e. The van der Waals surface area contributed by atoms with Crippen molar-refractivity contribution in [1.29, 1.82) is 0 Å². The lowest BCUT2D eigenvalue weighted by atomic mass is 10.1. The Balaban J connectivity index is 1.69. The molecule has 2 rings (SSSR count). The topological polar surface area (TPSA) is 30.5 Å². The average molecular weight is 235 g/mol. The van der Waals surface area contributed by atoms with E-state index in [0.717, 1.165) is 44.8 Å². The van der Waals surface area contributed by atoms with Crippen molar-refractivity contribution in [2.24, 2.45) is 0 Å². The molecule has 1 N–H and O–H groups in total. The fourth-order valence-electron chi connectivity index (χ4n) is 2.11. The van der Waals surface area contributed by atoms with Gasteiger partial charge < -0.3 is 14.8 Å². The van der Waals surface area contributed by atoms with Gasteiger partial charge in [-0.15, -0.1) is 0 Å². The Morgan fingerprint density at radius 2 is 1.94 bits per heavy atom. The van der Waals surface area contributed by atoms with Crippen LogP contribution in [0.15, 0.2) is 24.3 Å². The normalized spacial score (nSPS) is 17.0. The molecule has 1 fully saturated rings. The highest BCUT2D eigenvalue weighted by atomic mass is 16.5. The maximum Gasteiger partial charge on any atom is 0.118 e. The summed E-state index contributed by atoms with van der Waals surface area (Å²) in [4.78, 5) is 0. The van der Waals surface area contributed by atoms with Crippen LogP contribution in [-0.4, -0.2) is 32.9 Å². The maximum atomic E-state index is 5.34. The van der Waals surface area contributed by atoms with E-state index in [1.54, 1.807) is 7.11 Å². The summed E-state index contributed by atoms with van der Waals surface area (Å²) in [5.74, 6) is 0.922. The zero-order chi connectivity index (χ0) is 11.9. The van der Waals surface area contributed by atoms with Gasteiger partial charge in [0.2, 0.25) is 0 Å². The van der Waals surface area contributed by atoms with E-state index in [-0.39, 0.29) is 0 Å². The third-order valence-electron chi connectivity index (χ3n) is 3.23. The van der Waals surface area contributed by atoms with Crippen LogP contribution in [-0.2, 0) is 11.2 Å². The van der Waals surface area contributed by atoms with Crippen molar-refractivity contribution in [1.82, 2.24) is 5.32 Å². The zero-order valence-corrected chi connectivity index (χ0v) is 10.4. The number of methoxy groups -OCH3 is 1. The van der Waals surface area contributed by atoms with Gasteiger partial charge in [0.1, 0.15) is 5.75 Å². The van der Waals surface area contributed by atoms with Crippen molar-refractivity contribution in [3.05, 3.63) is 29.8 Å². The first-order valence-electron chi connectivity index (χ1n) is 6.32. The molecular formula is C14H21NO2. The third kappa shape index (κ3) is 4.02. The molecule has 0 aliphatic carbocycles. The molecule has 0 spiro atoms. The molecule has 0 saturated carbocycles. The predicted octanol–water partition coefficient (Wildman–Crippen LogP) is 2.01. The van der Waals surface area contributed by atoms with Gasteiger partial charge >= 0.3 is 0 Å². The summed E-state index contributed by atoms with van der Waals surface area (Å²) < 4.78 is 10.5. The number of hydrogen-bond donors (Lipinski definition) is 1. The Bertz CT molecular complexity index is 317. The van der Waals surface area contributed by atoms with E-state index >= 15 is 0 Å². The SMILES string of the molecule is COc1ccc(CCNC2CCOCC2)cc1. The highest BCUT2D eigenvalue weighted by Crippen LogP contribution is 2.12. The third-order valence-corrected chi connectivity index (χ3v) is 3.23. The molecule has 1 aliphatic heterocycles. The standard InChI is InChI=1S/C14H21NO2/c1-16-14-4-2-12(3-5-14)6-9-15-13-7-10-17-11-8-13/h2-5,13,15H,6-11H2,1H3. The fourth-order valence-corrected chi connectivity index (χ4v) is 2.11. The summed E-state index contributed by atoms with van der Waals surface area (Å²) in [5, 5.41) is 3.59. The minimum atomic E-state index is 0.641. The Hall–Kier alpha value is -1.06. The van der Waals surface area contributed by atoms with Gasteiger partial charge in [0.05, 0.1) is 7.11 Å². The number of rotatable bonds is 5. The van der Waals surface area contributed by atoms with E-state index in [1.165, 1.54) is 5.56 Å². The minimum Gasteiger partial charge on any atom is -0.497 e. The molecule has 0 bridgehead atoms. The van der Waals surface area contributed by atoms with Crippen molar-refractivity contribution >= 4 is 0 Å². The van der Waals surface area contributed by atoms with Crippen LogP contribution in [0.2, 0.25) is 0 Å². The first kappa shape index (κ1) is 12.4. The van der Waals surface area contributed by atoms with E-state index in [2.05, 4.69) is 17.4 Å². The zero-order valence-electron chi connectivity index (χ0n) is 10.4. The lowest BCUT2D eigenvalue weighted by molar-refractivity contribution is 0.0782. The second kappa shape index (κ2) is 6.62. The Morgan fingerprint density at radius 1 is 1.24 bits per heavy atom. The molecule has 1 aromatic carbocycles. The molecule has 1 saturated heterocycles. The van der Waals surface area contributed by atoms with Crippen molar-refractivity contribution in [3.8, 4) is 5.75 Å². The molecule has 94 valence electrons. The van der Waals surface area contributed by atoms with Crippen LogP contribution in [0.25, 0.3) is 0 Å². The van der Waals surface area contributed by atoms with Gasteiger partial charge in [0.15, 0.2) is 0 Å². The first-order valence-corrected chi connectivity index (χ1v) is 6.32. The molecule has 0 aromatic heterocycles. The second-order valence-corrected chi connectivity index (χ2v) is 4.44. The molecule has 17 heavy (non-hydrogen) atoms. The van der Waals surface area contributed by atoms with Crippen LogP contribution < -0.4 is 10.1 Å². The monoisotopic (exact) mass is 235 g/mol. The predicted molar refractivity (Wildman–Crippen MR) is 68.5 cm³/mol. The summed E-state index contributed by atoms with van der Waals surface area (Å²) in [6.07, 6.45) is 3.35. The summed E-state index contributed by atoms with van der Waals surface area (Å²) >= 11 is 0.